The molecule has 0 bridgehead atoms. The molecule has 0 fully saturated rings. The van der Waals surface area contributed by atoms with Gasteiger partial charge in [-0.3, -0.25) is 9.59 Å². The summed E-state index contributed by atoms with van der Waals surface area (Å²) in [6, 6.07) is 7.70. The lowest BCUT2D eigenvalue weighted by Crippen LogP contribution is -2.18. The second-order valence-electron chi connectivity index (χ2n) is 4.92. The van der Waals surface area contributed by atoms with E-state index in [1.54, 1.807) is 12.5 Å². The molecule has 2 aromatic heterocycles. The number of rotatable bonds is 7. The molecule has 0 atom stereocenters. The Kier molecular flexibility index (Phi) is 4.71. The molecule has 0 spiro atoms. The summed E-state index contributed by atoms with van der Waals surface area (Å²) in [6.07, 6.45) is 0.578. The Bertz CT molecular complexity index is 842. The number of nitrogens with one attached hydrogen (secondary N) is 1. The molecule has 1 N–H and O–H groups in total. The molecule has 0 amide bonds. The largest absolute Gasteiger partial charge is 0.497 e. The van der Waals surface area contributed by atoms with Gasteiger partial charge in [0.25, 0.3) is 5.78 Å². The topological polar surface area (TPSA) is 111 Å². The van der Waals surface area contributed by atoms with Gasteiger partial charge in [0, 0.05) is 11.8 Å². The molecule has 0 unspecified atom stereocenters. The zero-order valence-corrected chi connectivity index (χ0v) is 13.5. The quantitative estimate of drug-likeness (QED) is 0.507. The number of tetrazole rings is 1. The Balaban J connectivity index is 1.62. The van der Waals surface area contributed by atoms with Crippen LogP contribution in [-0.4, -0.2) is 44.3 Å². The molecule has 0 aliphatic carbocycles. The van der Waals surface area contributed by atoms with E-state index in [1.807, 2.05) is 24.3 Å². The third-order valence-corrected chi connectivity index (χ3v) is 4.15. The highest BCUT2D eigenvalue weighted by Crippen LogP contribution is 2.18. The van der Waals surface area contributed by atoms with Crippen LogP contribution in [0.2, 0.25) is 0 Å². The number of carbonyl (C=O) groups excluding carboxylic acids is 2. The van der Waals surface area contributed by atoms with Crippen LogP contribution < -0.4 is 4.74 Å². The number of thiazole rings is 1. The summed E-state index contributed by atoms with van der Waals surface area (Å²) < 4.78 is 5.12. The summed E-state index contributed by atoms with van der Waals surface area (Å²) in [5.41, 5.74) is 1.65. The van der Waals surface area contributed by atoms with Crippen molar-refractivity contribution in [1.29, 1.82) is 0 Å². The van der Waals surface area contributed by atoms with E-state index in [0.717, 1.165) is 16.3 Å². The van der Waals surface area contributed by atoms with E-state index in [9.17, 15) is 9.59 Å². The number of ketones is 2. The van der Waals surface area contributed by atoms with Crippen LogP contribution in [0.15, 0.2) is 29.6 Å². The number of aromatic nitrogens is 5. The maximum Gasteiger partial charge on any atom is 0.269 e. The lowest BCUT2D eigenvalue weighted by Gasteiger charge is -2.01. The SMILES string of the molecule is COc1ccc(Cc2nc(CC(=O)C(=O)c3nn[nH]n3)cs2)cc1. The highest BCUT2D eigenvalue weighted by molar-refractivity contribution is 7.09. The lowest BCUT2D eigenvalue weighted by molar-refractivity contribution is -0.114. The van der Waals surface area contributed by atoms with Crippen molar-refractivity contribution in [3.05, 3.63) is 51.7 Å². The molecule has 0 aliphatic heterocycles. The van der Waals surface area contributed by atoms with Crippen LogP contribution in [0.1, 0.15) is 26.9 Å². The number of ether oxygens (including phenoxy) is 1. The molecule has 0 saturated heterocycles. The van der Waals surface area contributed by atoms with Gasteiger partial charge in [0.1, 0.15) is 5.75 Å². The van der Waals surface area contributed by atoms with Gasteiger partial charge in [0.15, 0.2) is 0 Å². The van der Waals surface area contributed by atoms with Gasteiger partial charge >= 0.3 is 0 Å². The smallest absolute Gasteiger partial charge is 0.269 e. The van der Waals surface area contributed by atoms with E-state index in [1.165, 1.54) is 11.3 Å². The van der Waals surface area contributed by atoms with Crippen LogP contribution in [0, 0.1) is 0 Å². The fourth-order valence-electron chi connectivity index (χ4n) is 2.06. The van der Waals surface area contributed by atoms with Crippen molar-refractivity contribution in [2.24, 2.45) is 0 Å². The number of hydrogen-bond donors (Lipinski definition) is 1. The van der Waals surface area contributed by atoms with E-state index in [-0.39, 0.29) is 12.2 Å². The number of hydrogen-bond acceptors (Lipinski definition) is 8. The predicted molar refractivity (Wildman–Crippen MR) is 85.1 cm³/mol. The number of H-pyrrole nitrogens is 1. The fourth-order valence-corrected chi connectivity index (χ4v) is 2.88. The minimum atomic E-state index is -0.770. The Morgan fingerprint density at radius 1 is 1.25 bits per heavy atom. The minimum Gasteiger partial charge on any atom is -0.497 e. The van der Waals surface area contributed by atoms with E-state index < -0.39 is 11.6 Å². The van der Waals surface area contributed by atoms with Gasteiger partial charge in [-0.2, -0.15) is 5.21 Å². The summed E-state index contributed by atoms with van der Waals surface area (Å²) in [5, 5.41) is 15.1. The average molecular weight is 343 g/mol. The minimum absolute atomic E-state index is 0.0769. The van der Waals surface area contributed by atoms with Crippen LogP contribution in [0.4, 0.5) is 0 Å². The Hall–Kier alpha value is -2.94. The van der Waals surface area contributed by atoms with E-state index >= 15 is 0 Å². The zero-order chi connectivity index (χ0) is 16.9. The second-order valence-corrected chi connectivity index (χ2v) is 5.86. The van der Waals surface area contributed by atoms with Crippen LogP contribution in [0.25, 0.3) is 0 Å². The standard InChI is InChI=1S/C15H13N5O3S/c1-23-11-4-2-9(3-5-11)6-13-16-10(8-24-13)7-12(21)14(22)15-17-19-20-18-15/h2-5,8H,6-7H2,1H3,(H,17,18,19,20). The molecule has 3 aromatic rings. The second kappa shape index (κ2) is 7.09. The fraction of sp³-hybridized carbons (Fsp3) is 0.200. The maximum atomic E-state index is 11.9. The summed E-state index contributed by atoms with van der Waals surface area (Å²) in [6.45, 7) is 0. The first kappa shape index (κ1) is 15.9. The molecule has 8 nitrogen and oxygen atoms in total. The van der Waals surface area contributed by atoms with Gasteiger partial charge in [0.2, 0.25) is 11.6 Å². The van der Waals surface area contributed by atoms with E-state index in [0.29, 0.717) is 12.1 Å². The molecule has 24 heavy (non-hydrogen) atoms. The van der Waals surface area contributed by atoms with Crippen molar-refractivity contribution in [2.75, 3.05) is 7.11 Å². The van der Waals surface area contributed by atoms with Crippen molar-refractivity contribution < 1.29 is 14.3 Å². The Morgan fingerprint density at radius 2 is 2.04 bits per heavy atom. The molecule has 0 radical (unpaired) electrons. The highest BCUT2D eigenvalue weighted by atomic mass is 32.1. The third-order valence-electron chi connectivity index (χ3n) is 3.26. The maximum absolute atomic E-state index is 11.9. The molecule has 122 valence electrons. The van der Waals surface area contributed by atoms with Crippen LogP contribution in [-0.2, 0) is 17.6 Å². The number of aromatic amines is 1. The molecular formula is C15H13N5O3S. The Morgan fingerprint density at radius 3 is 2.71 bits per heavy atom. The van der Waals surface area contributed by atoms with Crippen LogP contribution >= 0.6 is 11.3 Å². The summed E-state index contributed by atoms with van der Waals surface area (Å²) in [4.78, 5) is 28.1. The third kappa shape index (κ3) is 3.69. The monoisotopic (exact) mass is 343 g/mol. The van der Waals surface area contributed by atoms with Crippen LogP contribution in [0.5, 0.6) is 5.75 Å². The first-order valence-electron chi connectivity index (χ1n) is 7.03. The van der Waals surface area contributed by atoms with E-state index in [4.69, 9.17) is 4.74 Å². The molecule has 0 aliphatic rings. The van der Waals surface area contributed by atoms with Gasteiger partial charge in [-0.15, -0.1) is 21.5 Å². The first-order valence-corrected chi connectivity index (χ1v) is 7.91. The molecular weight excluding hydrogens is 330 g/mol. The van der Waals surface area contributed by atoms with Gasteiger partial charge in [-0.25, -0.2) is 4.98 Å². The van der Waals surface area contributed by atoms with Crippen molar-refractivity contribution in [3.8, 4) is 5.75 Å². The van der Waals surface area contributed by atoms with Gasteiger partial charge < -0.3 is 4.74 Å². The molecule has 2 heterocycles. The number of benzene rings is 1. The summed E-state index contributed by atoms with van der Waals surface area (Å²) in [7, 11) is 1.62. The van der Waals surface area contributed by atoms with Crippen LogP contribution in [0.3, 0.4) is 0 Å². The van der Waals surface area contributed by atoms with Crippen molar-refractivity contribution in [3.63, 3.8) is 0 Å². The average Bonchev–Trinajstić information content (AvgIpc) is 3.27. The summed E-state index contributed by atoms with van der Waals surface area (Å²) in [5.74, 6) is -0.816. The Labute approximate surface area is 140 Å². The van der Waals surface area contributed by atoms with Crippen molar-refractivity contribution in [1.82, 2.24) is 25.6 Å². The van der Waals surface area contributed by atoms with Crippen molar-refractivity contribution >= 4 is 22.9 Å². The zero-order valence-electron chi connectivity index (χ0n) is 12.7. The number of carbonyl (C=O) groups is 2. The first-order chi connectivity index (χ1) is 11.7. The van der Waals surface area contributed by atoms with E-state index in [2.05, 4.69) is 25.6 Å². The molecule has 3 rings (SSSR count). The normalized spacial score (nSPS) is 10.5. The van der Waals surface area contributed by atoms with Gasteiger partial charge in [-0.05, 0) is 22.9 Å². The highest BCUT2D eigenvalue weighted by Gasteiger charge is 2.21. The van der Waals surface area contributed by atoms with Crippen molar-refractivity contribution in [2.45, 2.75) is 12.8 Å². The van der Waals surface area contributed by atoms with Gasteiger partial charge in [0.05, 0.1) is 24.2 Å². The molecule has 1 aromatic carbocycles. The summed E-state index contributed by atoms with van der Waals surface area (Å²) >= 11 is 1.45. The number of nitrogens with zero attached hydrogens (tertiary/aromatic N) is 4. The van der Waals surface area contributed by atoms with Gasteiger partial charge in [-0.1, -0.05) is 12.1 Å². The molecule has 0 saturated carbocycles. The molecule has 9 heteroatoms. The predicted octanol–water partition coefficient (Wildman–Crippen LogP) is 1.25. The lowest BCUT2D eigenvalue weighted by atomic mass is 10.1. The number of methoxy groups -OCH3 is 1. The number of Topliss-reactive ketones (excluding diaryl/α,β-unsaturated/α-hetero) is 2.